The average Bonchev–Trinajstić information content (AvgIpc) is 3.65. The monoisotopic (exact) mass is 524 g/mol. The summed E-state index contributed by atoms with van der Waals surface area (Å²) in [5.41, 5.74) is 5.91. The molecule has 2 saturated heterocycles. The SMILES string of the molecule is Cn1ncc2c1OCCN1CC[C@@H](Oc3cc(C4CCNCC4)ccc3/C=C\c3[nH]nc4ccc-2cc34)C1=O. The van der Waals surface area contributed by atoms with E-state index in [-0.39, 0.29) is 5.91 Å². The Morgan fingerprint density at radius 3 is 2.82 bits per heavy atom. The minimum atomic E-state index is -0.503. The number of ether oxygens (including phenoxy) is 2. The Balaban J connectivity index is 1.32. The molecule has 5 heterocycles. The van der Waals surface area contributed by atoms with Crippen LogP contribution in [0.2, 0.25) is 0 Å². The molecule has 2 N–H and O–H groups in total. The van der Waals surface area contributed by atoms with Crippen LogP contribution in [0.1, 0.15) is 42.0 Å². The van der Waals surface area contributed by atoms with E-state index in [2.05, 4.69) is 51.0 Å². The molecule has 1 atom stereocenters. The number of piperidine rings is 1. The van der Waals surface area contributed by atoms with Crippen molar-refractivity contribution in [3.63, 3.8) is 0 Å². The first kappa shape index (κ1) is 24.0. The van der Waals surface area contributed by atoms with Crippen molar-refractivity contribution < 1.29 is 14.3 Å². The highest BCUT2D eigenvalue weighted by Gasteiger charge is 2.34. The van der Waals surface area contributed by atoms with Gasteiger partial charge in [-0.3, -0.25) is 9.89 Å². The van der Waals surface area contributed by atoms with E-state index in [1.54, 1.807) is 4.68 Å². The van der Waals surface area contributed by atoms with Gasteiger partial charge in [0.1, 0.15) is 12.4 Å². The number of aromatic nitrogens is 4. The van der Waals surface area contributed by atoms with E-state index in [1.165, 1.54) is 5.56 Å². The molecule has 4 aromatic rings. The predicted molar refractivity (Wildman–Crippen MR) is 150 cm³/mol. The fourth-order valence-corrected chi connectivity index (χ4v) is 5.94. The maximum Gasteiger partial charge on any atom is 0.263 e. The molecular formula is C30H32N6O3. The number of benzene rings is 2. The van der Waals surface area contributed by atoms with Crippen molar-refractivity contribution in [2.24, 2.45) is 7.05 Å². The summed E-state index contributed by atoms with van der Waals surface area (Å²) in [6.45, 7) is 3.57. The number of hydrogen-bond donors (Lipinski definition) is 2. The van der Waals surface area contributed by atoms with Crippen LogP contribution >= 0.6 is 0 Å². The van der Waals surface area contributed by atoms with Gasteiger partial charge in [-0.15, -0.1) is 0 Å². The molecule has 9 nitrogen and oxygen atoms in total. The maximum atomic E-state index is 13.3. The number of H-pyrrole nitrogens is 1. The summed E-state index contributed by atoms with van der Waals surface area (Å²) in [6.07, 6.45) is 8.26. The number of nitrogens with zero attached hydrogens (tertiary/aromatic N) is 4. The molecule has 9 heteroatoms. The third-order valence-electron chi connectivity index (χ3n) is 8.17. The fraction of sp³-hybridized carbons (Fsp3) is 0.367. The summed E-state index contributed by atoms with van der Waals surface area (Å²) in [5.74, 6) is 1.94. The molecule has 7 rings (SSSR count). The van der Waals surface area contributed by atoms with Crippen molar-refractivity contribution in [1.82, 2.24) is 30.2 Å². The Labute approximate surface area is 226 Å². The number of rotatable bonds is 1. The first-order chi connectivity index (χ1) is 19.1. The van der Waals surface area contributed by atoms with Gasteiger partial charge in [-0.25, -0.2) is 4.68 Å². The van der Waals surface area contributed by atoms with E-state index in [0.29, 0.717) is 37.9 Å². The second-order valence-electron chi connectivity index (χ2n) is 10.6. The summed E-state index contributed by atoms with van der Waals surface area (Å²) in [7, 11) is 1.87. The molecule has 4 bridgehead atoms. The standard InChI is InChI=1S/C30H32N6O3/c1-35-30-24(18-32-35)22-5-7-26-23(16-22)25(33-34-26)6-4-20-2-3-21(19-8-11-31-12-9-19)17-28(20)39-27-10-13-36(29(27)37)14-15-38-30/h2-7,16-19,27,31H,8-15H2,1H3,(H,33,34)/b6-4-/t27-/m1/s1. The Kier molecular flexibility index (Phi) is 6.08. The van der Waals surface area contributed by atoms with Crippen LogP contribution in [0.4, 0.5) is 0 Å². The fourth-order valence-electron chi connectivity index (χ4n) is 5.94. The molecule has 0 aliphatic carbocycles. The van der Waals surface area contributed by atoms with Gasteiger partial charge >= 0.3 is 0 Å². The normalized spacial score (nSPS) is 20.8. The Bertz CT molecular complexity index is 1560. The van der Waals surface area contributed by atoms with Crippen LogP contribution in [-0.2, 0) is 11.8 Å². The van der Waals surface area contributed by atoms with Crippen LogP contribution in [0, 0.1) is 0 Å². The van der Waals surface area contributed by atoms with Crippen molar-refractivity contribution in [1.29, 1.82) is 0 Å². The Morgan fingerprint density at radius 1 is 1.03 bits per heavy atom. The number of nitrogens with one attached hydrogen (secondary N) is 2. The minimum Gasteiger partial charge on any atom is -0.480 e. The van der Waals surface area contributed by atoms with Crippen molar-refractivity contribution in [3.05, 3.63) is 59.4 Å². The molecule has 3 aliphatic rings. The maximum absolute atomic E-state index is 13.3. The molecule has 2 aromatic carbocycles. The molecule has 0 radical (unpaired) electrons. The molecule has 200 valence electrons. The zero-order valence-electron chi connectivity index (χ0n) is 22.0. The van der Waals surface area contributed by atoms with E-state index >= 15 is 0 Å². The van der Waals surface area contributed by atoms with Crippen LogP contribution in [0.15, 0.2) is 42.6 Å². The number of aromatic amines is 1. The van der Waals surface area contributed by atoms with E-state index in [4.69, 9.17) is 9.47 Å². The molecule has 39 heavy (non-hydrogen) atoms. The summed E-state index contributed by atoms with van der Waals surface area (Å²) in [6, 6.07) is 12.6. The van der Waals surface area contributed by atoms with Crippen LogP contribution in [0.5, 0.6) is 11.6 Å². The van der Waals surface area contributed by atoms with Crippen LogP contribution in [-0.4, -0.2) is 69.7 Å². The lowest BCUT2D eigenvalue weighted by Gasteiger charge is -2.24. The molecule has 0 saturated carbocycles. The first-order valence-electron chi connectivity index (χ1n) is 13.8. The number of amides is 1. The van der Waals surface area contributed by atoms with E-state index in [0.717, 1.165) is 65.0 Å². The topological polar surface area (TPSA) is 97.3 Å². The molecule has 0 unspecified atom stereocenters. The highest BCUT2D eigenvalue weighted by molar-refractivity contribution is 5.93. The highest BCUT2D eigenvalue weighted by atomic mass is 16.5. The third kappa shape index (κ3) is 4.46. The lowest BCUT2D eigenvalue weighted by molar-refractivity contribution is -0.133. The zero-order chi connectivity index (χ0) is 26.3. The van der Waals surface area contributed by atoms with E-state index < -0.39 is 6.10 Å². The summed E-state index contributed by atoms with van der Waals surface area (Å²) in [5, 5.41) is 16.6. The van der Waals surface area contributed by atoms with Gasteiger partial charge in [-0.05, 0) is 73.3 Å². The van der Waals surface area contributed by atoms with Gasteiger partial charge in [0.25, 0.3) is 5.91 Å². The Hall–Kier alpha value is -4.11. The molecular weight excluding hydrogens is 492 g/mol. The number of hydrogen-bond acceptors (Lipinski definition) is 6. The van der Waals surface area contributed by atoms with Crippen LogP contribution in [0.3, 0.4) is 0 Å². The lowest BCUT2D eigenvalue weighted by atomic mass is 9.89. The second kappa shape index (κ2) is 9.89. The van der Waals surface area contributed by atoms with Crippen LogP contribution < -0.4 is 14.8 Å². The van der Waals surface area contributed by atoms with Gasteiger partial charge in [-0.1, -0.05) is 18.2 Å². The van der Waals surface area contributed by atoms with Crippen molar-refractivity contribution in [2.45, 2.75) is 31.3 Å². The summed E-state index contributed by atoms with van der Waals surface area (Å²) >= 11 is 0. The smallest absolute Gasteiger partial charge is 0.263 e. The number of aryl methyl sites for hydroxylation is 1. The molecule has 1 amide bonds. The quantitative estimate of drug-likeness (QED) is 0.391. The summed E-state index contributed by atoms with van der Waals surface area (Å²) < 4.78 is 14.4. The zero-order valence-corrected chi connectivity index (χ0v) is 22.0. The first-order valence-corrected chi connectivity index (χ1v) is 13.8. The Morgan fingerprint density at radius 2 is 1.92 bits per heavy atom. The van der Waals surface area contributed by atoms with Crippen molar-refractivity contribution in [3.8, 4) is 22.8 Å². The van der Waals surface area contributed by atoms with Gasteiger partial charge in [0.2, 0.25) is 5.88 Å². The molecule has 0 spiro atoms. The largest absolute Gasteiger partial charge is 0.480 e. The van der Waals surface area contributed by atoms with Crippen LogP contribution in [0.25, 0.3) is 34.2 Å². The molecule has 2 fully saturated rings. The second-order valence-corrected chi connectivity index (χ2v) is 10.6. The average molecular weight is 525 g/mol. The molecule has 3 aliphatic heterocycles. The van der Waals surface area contributed by atoms with Gasteiger partial charge in [0.05, 0.1) is 29.5 Å². The highest BCUT2D eigenvalue weighted by Crippen LogP contribution is 2.35. The van der Waals surface area contributed by atoms with Gasteiger partial charge < -0.3 is 19.7 Å². The van der Waals surface area contributed by atoms with Gasteiger partial charge in [0, 0.05) is 31.0 Å². The van der Waals surface area contributed by atoms with Gasteiger partial charge in [-0.2, -0.15) is 10.2 Å². The van der Waals surface area contributed by atoms with E-state index in [9.17, 15) is 4.79 Å². The van der Waals surface area contributed by atoms with Gasteiger partial charge in [0.15, 0.2) is 6.10 Å². The summed E-state index contributed by atoms with van der Waals surface area (Å²) in [4.78, 5) is 15.2. The van der Waals surface area contributed by atoms with Crippen molar-refractivity contribution >= 4 is 29.0 Å². The number of fused-ring (bicyclic) bond motifs is 6. The lowest BCUT2D eigenvalue weighted by Crippen LogP contribution is -2.35. The minimum absolute atomic E-state index is 0.0114. The predicted octanol–water partition coefficient (Wildman–Crippen LogP) is 3.97. The molecule has 2 aromatic heterocycles. The number of carbonyl (C=O) groups excluding carboxylic acids is 1. The van der Waals surface area contributed by atoms with Crippen molar-refractivity contribution in [2.75, 3.05) is 32.8 Å². The van der Waals surface area contributed by atoms with E-state index in [1.807, 2.05) is 36.4 Å². The third-order valence-corrected chi connectivity index (χ3v) is 8.17. The number of carbonyl (C=O) groups is 1.